The van der Waals surface area contributed by atoms with Crippen LogP contribution < -0.4 is 10.1 Å². The summed E-state index contributed by atoms with van der Waals surface area (Å²) in [5, 5.41) is 9.95. The zero-order chi connectivity index (χ0) is 21.6. The lowest BCUT2D eigenvalue weighted by molar-refractivity contribution is -0.136. The van der Waals surface area contributed by atoms with Crippen LogP contribution in [0.4, 0.5) is 0 Å². The molecule has 2 aromatic rings. The molecule has 1 heterocycles. The van der Waals surface area contributed by atoms with Crippen molar-refractivity contribution in [1.82, 2.24) is 25.0 Å². The van der Waals surface area contributed by atoms with Crippen LogP contribution in [0.25, 0.3) is 11.4 Å². The number of aromatic nitrogens is 3. The van der Waals surface area contributed by atoms with Crippen LogP contribution in [0.15, 0.2) is 24.3 Å². The molecular weight excluding hydrogens is 390 g/mol. The van der Waals surface area contributed by atoms with Gasteiger partial charge in [0.25, 0.3) is 0 Å². The number of ether oxygens (including phenoxy) is 1. The zero-order valence-corrected chi connectivity index (χ0v) is 18.4. The number of hydrogen-bond donors (Lipinski definition) is 2. The van der Waals surface area contributed by atoms with Crippen LogP contribution in [-0.4, -0.2) is 57.2 Å². The summed E-state index contributed by atoms with van der Waals surface area (Å²) in [5.41, 5.74) is 0.527. The van der Waals surface area contributed by atoms with Crippen LogP contribution in [-0.2, 0) is 16.1 Å². The van der Waals surface area contributed by atoms with Crippen LogP contribution in [0.1, 0.15) is 34.1 Å². The van der Waals surface area contributed by atoms with Crippen molar-refractivity contribution in [2.75, 3.05) is 20.2 Å². The van der Waals surface area contributed by atoms with Gasteiger partial charge >= 0.3 is 0 Å². The van der Waals surface area contributed by atoms with Crippen molar-refractivity contribution in [1.29, 1.82) is 0 Å². The van der Waals surface area contributed by atoms with Gasteiger partial charge in [-0.15, -0.1) is 0 Å². The van der Waals surface area contributed by atoms with Gasteiger partial charge in [-0.2, -0.15) is 5.10 Å². The fraction of sp³-hybridized carbons (Fsp3) is 0.500. The van der Waals surface area contributed by atoms with Crippen molar-refractivity contribution in [2.45, 2.75) is 46.2 Å². The van der Waals surface area contributed by atoms with E-state index in [0.29, 0.717) is 23.7 Å². The van der Waals surface area contributed by atoms with E-state index in [4.69, 9.17) is 17.0 Å². The molecule has 1 aromatic heterocycles. The largest absolute Gasteiger partial charge is 0.497 e. The third kappa shape index (κ3) is 6.42. The van der Waals surface area contributed by atoms with E-state index in [2.05, 4.69) is 15.5 Å². The van der Waals surface area contributed by atoms with Gasteiger partial charge in [0.05, 0.1) is 13.7 Å². The van der Waals surface area contributed by atoms with Gasteiger partial charge in [-0.25, -0.2) is 0 Å². The van der Waals surface area contributed by atoms with Crippen LogP contribution in [0.3, 0.4) is 0 Å². The number of nitrogens with one attached hydrogen (secondary N) is 2. The fourth-order valence-electron chi connectivity index (χ4n) is 2.86. The first-order valence-corrected chi connectivity index (χ1v) is 9.94. The minimum Gasteiger partial charge on any atom is -0.497 e. The predicted molar refractivity (Wildman–Crippen MR) is 114 cm³/mol. The molecule has 158 valence electrons. The Morgan fingerprint density at radius 1 is 1.28 bits per heavy atom. The molecule has 0 aliphatic rings. The molecule has 0 saturated carbocycles. The Morgan fingerprint density at radius 3 is 2.48 bits per heavy atom. The van der Waals surface area contributed by atoms with E-state index in [-0.39, 0.29) is 30.3 Å². The van der Waals surface area contributed by atoms with Crippen LogP contribution in [0.5, 0.6) is 5.75 Å². The number of amides is 2. The monoisotopic (exact) mass is 419 g/mol. The lowest BCUT2D eigenvalue weighted by atomic mass is 10.1. The number of carbonyl (C=O) groups is 2. The summed E-state index contributed by atoms with van der Waals surface area (Å²) >= 11 is 5.33. The van der Waals surface area contributed by atoms with Crippen molar-refractivity contribution in [3.8, 4) is 17.1 Å². The summed E-state index contributed by atoms with van der Waals surface area (Å²) in [5.74, 6) is 1.11. The Balaban J connectivity index is 2.06. The number of nitrogens with zero attached hydrogens (tertiary/aromatic N) is 3. The van der Waals surface area contributed by atoms with Crippen molar-refractivity contribution in [2.24, 2.45) is 0 Å². The van der Waals surface area contributed by atoms with Gasteiger partial charge in [0.2, 0.25) is 11.8 Å². The van der Waals surface area contributed by atoms with E-state index in [1.165, 1.54) is 4.90 Å². The highest BCUT2D eigenvalue weighted by Gasteiger charge is 2.20. The third-order valence-electron chi connectivity index (χ3n) is 4.24. The molecule has 0 unspecified atom stereocenters. The van der Waals surface area contributed by atoms with Gasteiger partial charge in [-0.3, -0.25) is 19.3 Å². The van der Waals surface area contributed by atoms with E-state index in [1.54, 1.807) is 11.7 Å². The van der Waals surface area contributed by atoms with Gasteiger partial charge in [-0.1, -0.05) is 0 Å². The maximum absolute atomic E-state index is 12.7. The minimum absolute atomic E-state index is 0.0364. The molecule has 9 heteroatoms. The first-order valence-electron chi connectivity index (χ1n) is 9.53. The lowest BCUT2D eigenvalue weighted by Gasteiger charge is -2.25. The number of aromatic amines is 1. The highest BCUT2D eigenvalue weighted by atomic mass is 32.1. The summed E-state index contributed by atoms with van der Waals surface area (Å²) in [6.45, 7) is 8.44. The van der Waals surface area contributed by atoms with Gasteiger partial charge in [0, 0.05) is 30.6 Å². The van der Waals surface area contributed by atoms with Crippen molar-refractivity contribution >= 4 is 24.0 Å². The molecule has 1 aromatic carbocycles. The van der Waals surface area contributed by atoms with Crippen LogP contribution in [0.2, 0.25) is 0 Å². The second kappa shape index (κ2) is 9.69. The first-order chi connectivity index (χ1) is 13.6. The minimum atomic E-state index is -0.337. The number of likely N-dealkylation sites (N-methyl/N-ethyl adjacent to an activating group) is 1. The average Bonchev–Trinajstić information content (AvgIpc) is 3.03. The smallest absolute Gasteiger partial charge is 0.240 e. The highest BCUT2D eigenvalue weighted by molar-refractivity contribution is 7.71. The summed E-state index contributed by atoms with van der Waals surface area (Å²) in [6.07, 6.45) is 0.216. The molecule has 0 bridgehead atoms. The lowest BCUT2D eigenvalue weighted by Crippen LogP contribution is -2.47. The second-order valence-electron chi connectivity index (χ2n) is 7.69. The Hall–Kier alpha value is -2.68. The number of carbonyl (C=O) groups excluding carboxylic acids is 2. The standard InChI is InChI=1S/C20H29N5O3S/c1-6-24(13-16(26)21-20(2,3)4)17(27)11-12-25-18(22-23-19(25)29)14-7-9-15(28-5)10-8-14/h7-10H,6,11-13H2,1-5H3,(H,21,26)(H,23,29). The summed E-state index contributed by atoms with van der Waals surface area (Å²) in [4.78, 5) is 26.4. The molecule has 0 spiro atoms. The molecule has 2 rings (SSSR count). The Bertz CT molecular complexity index is 896. The molecular formula is C20H29N5O3S. The maximum atomic E-state index is 12.7. The van der Waals surface area contributed by atoms with Crippen molar-refractivity contribution < 1.29 is 14.3 Å². The molecule has 0 aliphatic carbocycles. The van der Waals surface area contributed by atoms with Gasteiger partial charge in [-0.05, 0) is 64.2 Å². The second-order valence-corrected chi connectivity index (χ2v) is 8.08. The van der Waals surface area contributed by atoms with Crippen molar-refractivity contribution in [3.63, 3.8) is 0 Å². The molecule has 29 heavy (non-hydrogen) atoms. The first kappa shape index (κ1) is 22.6. The summed E-state index contributed by atoms with van der Waals surface area (Å²) in [6, 6.07) is 7.46. The molecule has 0 aliphatic heterocycles. The van der Waals surface area contributed by atoms with E-state index in [0.717, 1.165) is 11.3 Å². The third-order valence-corrected chi connectivity index (χ3v) is 4.55. The topological polar surface area (TPSA) is 92.2 Å². The molecule has 2 N–H and O–H groups in total. The van der Waals surface area contributed by atoms with Crippen molar-refractivity contribution in [3.05, 3.63) is 29.0 Å². The number of methoxy groups -OCH3 is 1. The maximum Gasteiger partial charge on any atom is 0.240 e. The van der Waals surface area contributed by atoms with E-state index in [9.17, 15) is 9.59 Å². The number of H-pyrrole nitrogens is 1. The van der Waals surface area contributed by atoms with Gasteiger partial charge < -0.3 is 15.0 Å². The Morgan fingerprint density at radius 2 is 1.93 bits per heavy atom. The van der Waals surface area contributed by atoms with E-state index in [1.807, 2.05) is 52.0 Å². The van der Waals surface area contributed by atoms with Crippen LogP contribution in [0, 0.1) is 4.77 Å². The predicted octanol–water partition coefficient (Wildman–Crippen LogP) is 2.77. The molecule has 0 saturated heterocycles. The summed E-state index contributed by atoms with van der Waals surface area (Å²) < 4.78 is 7.41. The fourth-order valence-corrected chi connectivity index (χ4v) is 3.08. The number of hydrogen-bond acceptors (Lipinski definition) is 5. The molecule has 0 fully saturated rings. The van der Waals surface area contributed by atoms with E-state index < -0.39 is 0 Å². The molecule has 0 radical (unpaired) electrons. The number of rotatable bonds is 8. The van der Waals surface area contributed by atoms with Crippen LogP contribution >= 0.6 is 12.2 Å². The zero-order valence-electron chi connectivity index (χ0n) is 17.6. The molecule has 2 amide bonds. The van der Waals surface area contributed by atoms with Gasteiger partial charge in [0.1, 0.15) is 5.75 Å². The van der Waals surface area contributed by atoms with E-state index >= 15 is 0 Å². The Labute approximate surface area is 176 Å². The number of benzene rings is 1. The summed E-state index contributed by atoms with van der Waals surface area (Å²) in [7, 11) is 1.61. The quantitative estimate of drug-likeness (QED) is 0.642. The molecule has 8 nitrogen and oxygen atoms in total. The molecule has 0 atom stereocenters. The highest BCUT2D eigenvalue weighted by Crippen LogP contribution is 2.21. The normalized spacial score (nSPS) is 11.2. The Kier molecular flexibility index (Phi) is 7.55. The average molecular weight is 420 g/mol. The van der Waals surface area contributed by atoms with Gasteiger partial charge in [0.15, 0.2) is 10.6 Å². The SMILES string of the molecule is CCN(CC(=O)NC(C)(C)C)C(=O)CCn1c(-c2ccc(OC)cc2)n[nH]c1=S.